The molecule has 1 aliphatic rings. The maximum atomic E-state index is 13.0. The Kier molecular flexibility index (Phi) is 4.66. The van der Waals surface area contributed by atoms with Crippen molar-refractivity contribution in [2.75, 3.05) is 6.54 Å². The first-order valence-electron chi connectivity index (χ1n) is 7.53. The lowest BCUT2D eigenvalue weighted by Gasteiger charge is -2.36. The highest BCUT2D eigenvalue weighted by atomic mass is 79.9. The Bertz CT molecular complexity index is 687. The minimum absolute atomic E-state index is 0.0511. The number of carbonyl (C=O) groups excluding carboxylic acids is 1. The molecule has 5 heteroatoms. The van der Waals surface area contributed by atoms with E-state index in [-0.39, 0.29) is 24.1 Å². The third-order valence-electron chi connectivity index (χ3n) is 4.17. The van der Waals surface area contributed by atoms with E-state index in [1.165, 1.54) is 12.1 Å². The van der Waals surface area contributed by atoms with E-state index in [1.807, 2.05) is 31.2 Å². The van der Waals surface area contributed by atoms with E-state index in [9.17, 15) is 9.18 Å². The summed E-state index contributed by atoms with van der Waals surface area (Å²) < 4.78 is 19.5. The van der Waals surface area contributed by atoms with Crippen LogP contribution in [0.1, 0.15) is 36.6 Å². The molecule has 0 bridgehead atoms. The number of hydrogen-bond acceptors (Lipinski definition) is 2. The van der Waals surface area contributed by atoms with E-state index in [4.69, 9.17) is 4.74 Å². The van der Waals surface area contributed by atoms with Crippen LogP contribution in [-0.4, -0.2) is 17.5 Å². The van der Waals surface area contributed by atoms with Gasteiger partial charge in [0.2, 0.25) is 0 Å². The summed E-state index contributed by atoms with van der Waals surface area (Å²) in [6, 6.07) is 14.0. The van der Waals surface area contributed by atoms with Crippen molar-refractivity contribution >= 4 is 22.0 Å². The third-order valence-corrected chi connectivity index (χ3v) is 4.70. The number of benzene rings is 2. The summed E-state index contributed by atoms with van der Waals surface area (Å²) in [5.74, 6) is -0.290. The molecule has 2 aromatic rings. The first-order valence-corrected chi connectivity index (χ1v) is 8.32. The summed E-state index contributed by atoms with van der Waals surface area (Å²) in [6.07, 6.45) is 0.0515. The number of amides is 1. The molecule has 0 spiro atoms. The van der Waals surface area contributed by atoms with Crippen LogP contribution in [-0.2, 0) is 4.74 Å². The Morgan fingerprint density at radius 3 is 2.43 bits per heavy atom. The van der Waals surface area contributed by atoms with Gasteiger partial charge in [0.1, 0.15) is 11.9 Å². The van der Waals surface area contributed by atoms with Crippen molar-refractivity contribution in [3.8, 4) is 0 Å². The van der Waals surface area contributed by atoms with Gasteiger partial charge in [-0.15, -0.1) is 0 Å². The lowest BCUT2D eigenvalue weighted by Crippen LogP contribution is -2.40. The fraction of sp³-hybridized carbons (Fsp3) is 0.278. The smallest absolute Gasteiger partial charge is 0.410 e. The van der Waals surface area contributed by atoms with Crippen LogP contribution in [0.15, 0.2) is 53.0 Å². The zero-order valence-electron chi connectivity index (χ0n) is 12.7. The van der Waals surface area contributed by atoms with Gasteiger partial charge in [-0.1, -0.05) is 40.2 Å². The molecule has 1 saturated heterocycles. The van der Waals surface area contributed by atoms with Crippen LogP contribution in [0.2, 0.25) is 0 Å². The predicted octanol–water partition coefficient (Wildman–Crippen LogP) is 5.23. The third kappa shape index (κ3) is 3.55. The first-order chi connectivity index (χ1) is 11.0. The van der Waals surface area contributed by atoms with Crippen LogP contribution in [0.4, 0.5) is 9.18 Å². The molecule has 2 aromatic carbocycles. The molecule has 0 aromatic heterocycles. The van der Waals surface area contributed by atoms with E-state index in [1.54, 1.807) is 17.0 Å². The fourth-order valence-electron chi connectivity index (χ4n) is 2.78. The molecule has 0 radical (unpaired) electrons. The molecular weight excluding hydrogens is 361 g/mol. The van der Waals surface area contributed by atoms with Crippen molar-refractivity contribution in [1.82, 2.24) is 4.90 Å². The average molecular weight is 378 g/mol. The van der Waals surface area contributed by atoms with Gasteiger partial charge in [-0.05, 0) is 42.3 Å². The number of rotatable bonds is 3. The van der Waals surface area contributed by atoms with E-state index in [2.05, 4.69) is 15.9 Å². The molecule has 1 amide bonds. The molecule has 2 atom stereocenters. The largest absolute Gasteiger partial charge is 0.441 e. The number of cyclic esters (lactones) is 1. The first kappa shape index (κ1) is 16.0. The van der Waals surface area contributed by atoms with E-state index >= 15 is 0 Å². The second-order valence-corrected chi connectivity index (χ2v) is 6.55. The predicted molar refractivity (Wildman–Crippen MR) is 89.5 cm³/mol. The van der Waals surface area contributed by atoms with Crippen LogP contribution in [0.25, 0.3) is 0 Å². The molecular formula is C18H17BrFNO2. The van der Waals surface area contributed by atoms with Gasteiger partial charge in [0.05, 0.1) is 6.04 Å². The van der Waals surface area contributed by atoms with Crippen LogP contribution in [0.3, 0.4) is 0 Å². The molecule has 23 heavy (non-hydrogen) atoms. The van der Waals surface area contributed by atoms with Gasteiger partial charge in [0.15, 0.2) is 0 Å². The van der Waals surface area contributed by atoms with Gasteiger partial charge in [0, 0.05) is 17.4 Å². The molecule has 3 rings (SSSR count). The highest BCUT2D eigenvalue weighted by molar-refractivity contribution is 9.10. The van der Waals surface area contributed by atoms with Gasteiger partial charge in [-0.2, -0.15) is 0 Å². The molecule has 120 valence electrons. The zero-order valence-corrected chi connectivity index (χ0v) is 14.3. The van der Waals surface area contributed by atoms with Gasteiger partial charge in [-0.25, -0.2) is 9.18 Å². The average Bonchev–Trinajstić information content (AvgIpc) is 2.55. The Morgan fingerprint density at radius 1 is 1.17 bits per heavy atom. The highest BCUT2D eigenvalue weighted by Gasteiger charge is 2.31. The lowest BCUT2D eigenvalue weighted by molar-refractivity contribution is 0.0123. The second kappa shape index (κ2) is 6.71. The van der Waals surface area contributed by atoms with Gasteiger partial charge >= 0.3 is 6.09 Å². The van der Waals surface area contributed by atoms with Crippen molar-refractivity contribution in [2.45, 2.75) is 25.5 Å². The fourth-order valence-corrected chi connectivity index (χ4v) is 3.05. The standard InChI is InChI=1S/C18H17BrFNO2/c1-12(13-2-6-15(19)7-3-13)21-11-10-17(23-18(21)22)14-4-8-16(20)9-5-14/h2-9,12,17H,10-11H2,1H3. The molecule has 1 aliphatic heterocycles. The van der Waals surface area contributed by atoms with Crippen LogP contribution in [0, 0.1) is 5.82 Å². The molecule has 2 unspecified atom stereocenters. The van der Waals surface area contributed by atoms with Crippen molar-refractivity contribution in [1.29, 1.82) is 0 Å². The van der Waals surface area contributed by atoms with E-state index in [0.29, 0.717) is 13.0 Å². The van der Waals surface area contributed by atoms with Crippen molar-refractivity contribution < 1.29 is 13.9 Å². The number of carbonyl (C=O) groups is 1. The Hall–Kier alpha value is -1.88. The maximum absolute atomic E-state index is 13.0. The van der Waals surface area contributed by atoms with Crippen molar-refractivity contribution in [3.63, 3.8) is 0 Å². The van der Waals surface area contributed by atoms with Crippen LogP contribution < -0.4 is 0 Å². The summed E-state index contributed by atoms with van der Waals surface area (Å²) in [7, 11) is 0. The van der Waals surface area contributed by atoms with E-state index < -0.39 is 0 Å². The van der Waals surface area contributed by atoms with Gasteiger partial charge in [-0.3, -0.25) is 0 Å². The number of halogens is 2. The van der Waals surface area contributed by atoms with Crippen LogP contribution >= 0.6 is 15.9 Å². The molecule has 1 fully saturated rings. The second-order valence-electron chi connectivity index (χ2n) is 5.63. The van der Waals surface area contributed by atoms with E-state index in [0.717, 1.165) is 15.6 Å². The summed E-state index contributed by atoms with van der Waals surface area (Å²) >= 11 is 3.41. The molecule has 0 aliphatic carbocycles. The minimum Gasteiger partial charge on any atom is -0.441 e. The number of nitrogens with zero attached hydrogens (tertiary/aromatic N) is 1. The van der Waals surface area contributed by atoms with Crippen LogP contribution in [0.5, 0.6) is 0 Å². The molecule has 1 heterocycles. The topological polar surface area (TPSA) is 29.5 Å². The maximum Gasteiger partial charge on any atom is 0.410 e. The summed E-state index contributed by atoms with van der Waals surface area (Å²) in [5, 5.41) is 0. The van der Waals surface area contributed by atoms with Gasteiger partial charge < -0.3 is 9.64 Å². The quantitative estimate of drug-likeness (QED) is 0.732. The summed E-state index contributed by atoms with van der Waals surface area (Å²) in [5.41, 5.74) is 1.89. The number of ether oxygens (including phenoxy) is 1. The lowest BCUT2D eigenvalue weighted by atomic mass is 10.0. The normalized spacial score (nSPS) is 19.3. The minimum atomic E-state index is -0.332. The van der Waals surface area contributed by atoms with Gasteiger partial charge in [0.25, 0.3) is 0 Å². The van der Waals surface area contributed by atoms with Crippen molar-refractivity contribution in [3.05, 3.63) is 69.9 Å². The molecule has 0 saturated carbocycles. The number of hydrogen-bond donors (Lipinski definition) is 0. The SMILES string of the molecule is CC(c1ccc(Br)cc1)N1CCC(c2ccc(F)cc2)OC1=O. The Labute approximate surface area is 143 Å². The Morgan fingerprint density at radius 2 is 1.83 bits per heavy atom. The monoisotopic (exact) mass is 377 g/mol. The van der Waals surface area contributed by atoms with Crippen molar-refractivity contribution in [2.24, 2.45) is 0 Å². The Balaban J connectivity index is 1.70. The zero-order chi connectivity index (χ0) is 16.4. The molecule has 0 N–H and O–H groups in total. The summed E-state index contributed by atoms with van der Waals surface area (Å²) in [4.78, 5) is 14.1. The molecule has 3 nitrogen and oxygen atoms in total. The summed E-state index contributed by atoms with van der Waals surface area (Å²) in [6.45, 7) is 2.60. The highest BCUT2D eigenvalue weighted by Crippen LogP contribution is 2.32.